The molecule has 1 rings (SSSR count). The molecule has 0 spiro atoms. The number of hydrogen-bond donors (Lipinski definition) is 0. The van der Waals surface area contributed by atoms with Crippen LogP contribution in [0.15, 0.2) is 48.6 Å². The summed E-state index contributed by atoms with van der Waals surface area (Å²) >= 11 is 0. The van der Waals surface area contributed by atoms with Crippen LogP contribution < -0.4 is 0 Å². The van der Waals surface area contributed by atoms with Gasteiger partial charge in [-0.1, -0.05) is 68.0 Å². The maximum Gasteiger partial charge on any atom is -0.0257 e. The molecular formula is C13H16. The Labute approximate surface area is 80.6 Å². The average Bonchev–Trinajstić information content (AvgIpc) is 2.19. The van der Waals surface area contributed by atoms with Crippen LogP contribution in [0.1, 0.15) is 25.3 Å². The highest BCUT2D eigenvalue weighted by Crippen LogP contribution is 2.01. The summed E-state index contributed by atoms with van der Waals surface area (Å²) in [5.74, 6) is 0. The van der Waals surface area contributed by atoms with Gasteiger partial charge in [-0.3, -0.25) is 0 Å². The van der Waals surface area contributed by atoms with E-state index in [4.69, 9.17) is 0 Å². The van der Waals surface area contributed by atoms with Crippen molar-refractivity contribution in [1.29, 1.82) is 0 Å². The molecule has 0 bridgehead atoms. The first kappa shape index (κ1) is 9.79. The Morgan fingerprint density at radius 2 is 1.85 bits per heavy atom. The molecule has 0 nitrogen and oxygen atoms in total. The summed E-state index contributed by atoms with van der Waals surface area (Å²) in [5, 5.41) is 0. The first-order valence-electron chi connectivity index (χ1n) is 4.81. The molecule has 0 aliphatic rings. The van der Waals surface area contributed by atoms with Gasteiger partial charge >= 0.3 is 0 Å². The van der Waals surface area contributed by atoms with Crippen LogP contribution in [0.2, 0.25) is 0 Å². The van der Waals surface area contributed by atoms with E-state index in [0.29, 0.717) is 0 Å². The van der Waals surface area contributed by atoms with Gasteiger partial charge in [0, 0.05) is 0 Å². The van der Waals surface area contributed by atoms with Crippen molar-refractivity contribution >= 4 is 6.08 Å². The van der Waals surface area contributed by atoms with Gasteiger partial charge in [0.05, 0.1) is 0 Å². The lowest BCUT2D eigenvalue weighted by molar-refractivity contribution is 0.959. The standard InChI is InChI=1S/C13H16/c1-2-3-4-5-7-10-13-11-8-6-9-12-13/h4-12H,2-3H2,1H3. The lowest BCUT2D eigenvalue weighted by atomic mass is 10.2. The molecule has 0 aliphatic heterocycles. The van der Waals surface area contributed by atoms with Crippen molar-refractivity contribution < 1.29 is 0 Å². The highest BCUT2D eigenvalue weighted by Gasteiger charge is 1.79. The van der Waals surface area contributed by atoms with Gasteiger partial charge in [-0.15, -0.1) is 0 Å². The number of rotatable bonds is 4. The predicted molar refractivity (Wildman–Crippen MR) is 59.5 cm³/mol. The van der Waals surface area contributed by atoms with Gasteiger partial charge in [-0.25, -0.2) is 0 Å². The van der Waals surface area contributed by atoms with E-state index in [1.54, 1.807) is 0 Å². The van der Waals surface area contributed by atoms with E-state index in [9.17, 15) is 0 Å². The summed E-state index contributed by atoms with van der Waals surface area (Å²) in [4.78, 5) is 0. The summed E-state index contributed by atoms with van der Waals surface area (Å²) in [5.41, 5.74) is 1.25. The quantitative estimate of drug-likeness (QED) is 0.601. The van der Waals surface area contributed by atoms with Crippen molar-refractivity contribution in [1.82, 2.24) is 0 Å². The Bertz CT molecular complexity index is 267. The highest BCUT2D eigenvalue weighted by molar-refractivity contribution is 5.50. The smallest absolute Gasteiger partial charge is 0.0257 e. The fourth-order valence-corrected chi connectivity index (χ4v) is 1.07. The molecule has 13 heavy (non-hydrogen) atoms. The van der Waals surface area contributed by atoms with Crippen LogP contribution in [-0.2, 0) is 0 Å². The molecule has 0 saturated carbocycles. The fraction of sp³-hybridized carbons (Fsp3) is 0.231. The molecule has 0 saturated heterocycles. The maximum absolute atomic E-state index is 2.19. The van der Waals surface area contributed by atoms with Crippen LogP contribution >= 0.6 is 0 Å². The van der Waals surface area contributed by atoms with Gasteiger partial charge in [0.2, 0.25) is 0 Å². The Kier molecular flexibility index (Phi) is 4.70. The number of benzene rings is 1. The van der Waals surface area contributed by atoms with E-state index in [2.05, 4.69) is 55.5 Å². The van der Waals surface area contributed by atoms with Crippen LogP contribution in [0, 0.1) is 0 Å². The molecule has 0 heteroatoms. The van der Waals surface area contributed by atoms with Crippen LogP contribution in [0.25, 0.3) is 6.08 Å². The van der Waals surface area contributed by atoms with E-state index >= 15 is 0 Å². The summed E-state index contributed by atoms with van der Waals surface area (Å²) in [6, 6.07) is 10.3. The molecule has 1 aromatic rings. The molecular weight excluding hydrogens is 156 g/mol. The highest BCUT2D eigenvalue weighted by atomic mass is 13.8. The largest absolute Gasteiger partial charge is 0.0845 e. The monoisotopic (exact) mass is 172 g/mol. The fourth-order valence-electron chi connectivity index (χ4n) is 1.07. The summed E-state index contributed by atoms with van der Waals surface area (Å²) in [6.07, 6.45) is 10.9. The van der Waals surface area contributed by atoms with Crippen molar-refractivity contribution in [2.45, 2.75) is 19.8 Å². The molecule has 1 aromatic carbocycles. The van der Waals surface area contributed by atoms with Crippen LogP contribution in [0.5, 0.6) is 0 Å². The second-order valence-electron chi connectivity index (χ2n) is 2.99. The normalized spacial score (nSPS) is 11.5. The van der Waals surface area contributed by atoms with Gasteiger partial charge in [0.15, 0.2) is 0 Å². The molecule has 0 atom stereocenters. The Balaban J connectivity index is 2.41. The molecule has 0 heterocycles. The number of hydrogen-bond acceptors (Lipinski definition) is 0. The average molecular weight is 172 g/mol. The van der Waals surface area contributed by atoms with Crippen molar-refractivity contribution in [2.75, 3.05) is 0 Å². The SMILES string of the molecule is CCCC=CC=Cc1ccccc1. The number of allylic oxidation sites excluding steroid dienone is 3. The van der Waals surface area contributed by atoms with E-state index in [-0.39, 0.29) is 0 Å². The second kappa shape index (κ2) is 6.24. The van der Waals surface area contributed by atoms with Crippen molar-refractivity contribution in [3.8, 4) is 0 Å². The Morgan fingerprint density at radius 3 is 2.54 bits per heavy atom. The van der Waals surface area contributed by atoms with Crippen LogP contribution in [0.3, 0.4) is 0 Å². The van der Waals surface area contributed by atoms with Crippen LogP contribution in [-0.4, -0.2) is 0 Å². The minimum Gasteiger partial charge on any atom is -0.0845 e. The predicted octanol–water partition coefficient (Wildman–Crippen LogP) is 4.06. The van der Waals surface area contributed by atoms with Gasteiger partial charge in [-0.2, -0.15) is 0 Å². The zero-order valence-corrected chi connectivity index (χ0v) is 8.11. The molecule has 0 unspecified atom stereocenters. The third kappa shape index (κ3) is 4.32. The second-order valence-corrected chi connectivity index (χ2v) is 2.99. The minimum atomic E-state index is 1.17. The van der Waals surface area contributed by atoms with E-state index in [1.807, 2.05) is 6.07 Å². The first-order valence-corrected chi connectivity index (χ1v) is 4.81. The Hall–Kier alpha value is -1.30. The minimum absolute atomic E-state index is 1.17. The van der Waals surface area contributed by atoms with Gasteiger partial charge < -0.3 is 0 Å². The maximum atomic E-state index is 2.19. The summed E-state index contributed by atoms with van der Waals surface area (Å²) < 4.78 is 0. The van der Waals surface area contributed by atoms with E-state index in [1.165, 1.54) is 18.4 Å². The molecule has 0 radical (unpaired) electrons. The third-order valence-corrected chi connectivity index (χ3v) is 1.79. The molecule has 68 valence electrons. The molecule has 0 N–H and O–H groups in total. The van der Waals surface area contributed by atoms with E-state index < -0.39 is 0 Å². The van der Waals surface area contributed by atoms with Gasteiger partial charge in [0.1, 0.15) is 0 Å². The zero-order chi connectivity index (χ0) is 9.36. The molecule has 0 amide bonds. The van der Waals surface area contributed by atoms with Crippen molar-refractivity contribution in [2.24, 2.45) is 0 Å². The first-order chi connectivity index (χ1) is 6.43. The topological polar surface area (TPSA) is 0 Å². The lowest BCUT2D eigenvalue weighted by Crippen LogP contribution is -1.66. The van der Waals surface area contributed by atoms with Crippen molar-refractivity contribution in [3.63, 3.8) is 0 Å². The number of unbranched alkanes of at least 4 members (excludes halogenated alkanes) is 1. The molecule has 0 fully saturated rings. The van der Waals surface area contributed by atoms with Gasteiger partial charge in [0.25, 0.3) is 0 Å². The molecule has 0 aliphatic carbocycles. The van der Waals surface area contributed by atoms with Gasteiger partial charge in [-0.05, 0) is 12.0 Å². The van der Waals surface area contributed by atoms with E-state index in [0.717, 1.165) is 0 Å². The van der Waals surface area contributed by atoms with Crippen LogP contribution in [0.4, 0.5) is 0 Å². The lowest BCUT2D eigenvalue weighted by Gasteiger charge is -1.88. The molecule has 0 aromatic heterocycles. The third-order valence-electron chi connectivity index (χ3n) is 1.79. The Morgan fingerprint density at radius 1 is 1.08 bits per heavy atom. The van der Waals surface area contributed by atoms with Crippen molar-refractivity contribution in [3.05, 3.63) is 54.1 Å². The summed E-state index contributed by atoms with van der Waals surface area (Å²) in [7, 11) is 0. The zero-order valence-electron chi connectivity index (χ0n) is 8.11. The summed E-state index contributed by atoms with van der Waals surface area (Å²) in [6.45, 7) is 2.19.